The first-order valence-corrected chi connectivity index (χ1v) is 15.3. The van der Waals surface area contributed by atoms with Crippen LogP contribution in [0, 0.1) is 5.82 Å². The van der Waals surface area contributed by atoms with E-state index in [1.54, 1.807) is 65.6 Å². The number of amidine groups is 1. The van der Waals surface area contributed by atoms with Gasteiger partial charge in [0, 0.05) is 29.9 Å². The monoisotopic (exact) mass is 617 g/mol. The van der Waals surface area contributed by atoms with E-state index in [0.29, 0.717) is 28.9 Å². The van der Waals surface area contributed by atoms with Crippen molar-refractivity contribution in [3.05, 3.63) is 114 Å². The zero-order chi connectivity index (χ0) is 31.7. The molecule has 0 saturated carbocycles. The molecule has 0 spiro atoms. The fourth-order valence-corrected chi connectivity index (χ4v) is 5.09. The zero-order valence-corrected chi connectivity index (χ0v) is 24.8. The predicted octanol–water partition coefficient (Wildman–Crippen LogP) is 5.88. The average molecular weight is 618 g/mol. The second kappa shape index (κ2) is 14.4. The van der Waals surface area contributed by atoms with Crippen molar-refractivity contribution in [1.82, 2.24) is 4.90 Å². The molecule has 4 aromatic carbocycles. The molecule has 0 saturated heterocycles. The Morgan fingerprint density at radius 2 is 1.66 bits per heavy atom. The molecule has 0 aliphatic carbocycles. The molecular weight excluding hydrogens is 585 g/mol. The lowest BCUT2D eigenvalue weighted by Gasteiger charge is -2.23. The lowest BCUT2D eigenvalue weighted by molar-refractivity contribution is 0.208. The van der Waals surface area contributed by atoms with E-state index >= 15 is 0 Å². The number of rotatable bonds is 10. The Morgan fingerprint density at radius 1 is 0.955 bits per heavy atom. The van der Waals surface area contributed by atoms with Gasteiger partial charge in [0.2, 0.25) is 10.0 Å². The summed E-state index contributed by atoms with van der Waals surface area (Å²) in [6.45, 7) is 2.77. The molecule has 4 aromatic rings. The van der Waals surface area contributed by atoms with E-state index in [1.807, 2.05) is 13.0 Å². The van der Waals surface area contributed by atoms with Gasteiger partial charge in [-0.3, -0.25) is 0 Å². The van der Waals surface area contributed by atoms with Gasteiger partial charge in [-0.15, -0.1) is 0 Å². The van der Waals surface area contributed by atoms with Crippen LogP contribution in [0.1, 0.15) is 30.9 Å². The maximum atomic E-state index is 13.3. The number of anilines is 1. The summed E-state index contributed by atoms with van der Waals surface area (Å²) in [6, 6.07) is 24.8. The van der Waals surface area contributed by atoms with Gasteiger partial charge in [-0.05, 0) is 66.1 Å². The van der Waals surface area contributed by atoms with Gasteiger partial charge in [-0.2, -0.15) is 4.99 Å². The van der Waals surface area contributed by atoms with Gasteiger partial charge < -0.3 is 20.7 Å². The number of primary sulfonamides is 1. The number of benzene rings is 4. The molecule has 4 rings (SSSR count). The topological polar surface area (TPSA) is 157 Å². The van der Waals surface area contributed by atoms with Crippen LogP contribution >= 0.6 is 0 Å². The van der Waals surface area contributed by atoms with Crippen molar-refractivity contribution in [2.75, 3.05) is 11.9 Å². The minimum absolute atomic E-state index is 0.0141. The van der Waals surface area contributed by atoms with Crippen LogP contribution in [0.4, 0.5) is 19.7 Å². The van der Waals surface area contributed by atoms with Gasteiger partial charge in [-0.1, -0.05) is 61.9 Å². The Morgan fingerprint density at radius 3 is 2.34 bits per heavy atom. The highest BCUT2D eigenvalue weighted by molar-refractivity contribution is 7.89. The van der Waals surface area contributed by atoms with Crippen LogP contribution in [-0.4, -0.2) is 37.8 Å². The summed E-state index contributed by atoms with van der Waals surface area (Å²) in [5.74, 6) is -0.414. The first kappa shape index (κ1) is 31.9. The molecule has 0 unspecified atom stereocenters. The third-order valence-electron chi connectivity index (χ3n) is 6.54. The molecule has 0 heterocycles. The number of carbonyl (C=O) groups excluding carboxylic acids is 2. The Kier molecular flexibility index (Phi) is 10.4. The lowest BCUT2D eigenvalue weighted by atomic mass is 10.1. The summed E-state index contributed by atoms with van der Waals surface area (Å²) in [6.07, 6.45) is 0.690. The Balaban J connectivity index is 1.45. The SMILES string of the molecule is CCCCN(Cc1cccc(C(N)=NC(=O)Oc2ccc(F)cc2)c1)C(=O)Nc1ccc(-c2ccccc2S(N)(=O)=O)cc1. The van der Waals surface area contributed by atoms with Crippen molar-refractivity contribution >= 4 is 33.7 Å². The first-order chi connectivity index (χ1) is 21.0. The second-order valence-electron chi connectivity index (χ2n) is 9.84. The number of carbonyl (C=O) groups is 2. The molecular formula is C32H32FN5O5S. The number of hydrogen-bond donors (Lipinski definition) is 3. The number of sulfonamides is 1. The minimum Gasteiger partial charge on any atom is -0.409 e. The molecule has 12 heteroatoms. The molecule has 0 radical (unpaired) electrons. The molecule has 10 nitrogen and oxygen atoms in total. The third kappa shape index (κ3) is 8.72. The van der Waals surface area contributed by atoms with Crippen molar-refractivity contribution in [2.24, 2.45) is 15.9 Å². The second-order valence-corrected chi connectivity index (χ2v) is 11.4. The van der Waals surface area contributed by atoms with Gasteiger partial charge in [0.15, 0.2) is 0 Å². The van der Waals surface area contributed by atoms with E-state index in [1.165, 1.54) is 18.2 Å². The molecule has 0 fully saturated rings. The van der Waals surface area contributed by atoms with E-state index in [-0.39, 0.29) is 29.1 Å². The summed E-state index contributed by atoms with van der Waals surface area (Å²) < 4.78 is 42.2. The zero-order valence-electron chi connectivity index (χ0n) is 23.9. The highest BCUT2D eigenvalue weighted by Gasteiger charge is 2.17. The Labute approximate surface area is 255 Å². The van der Waals surface area contributed by atoms with Crippen molar-refractivity contribution in [3.8, 4) is 16.9 Å². The molecule has 0 atom stereocenters. The van der Waals surface area contributed by atoms with Crippen LogP contribution < -0.4 is 20.9 Å². The number of ether oxygens (including phenoxy) is 1. The number of nitrogens with one attached hydrogen (secondary N) is 1. The van der Waals surface area contributed by atoms with Gasteiger partial charge >= 0.3 is 12.1 Å². The normalized spacial score (nSPS) is 11.6. The minimum atomic E-state index is -3.92. The summed E-state index contributed by atoms with van der Waals surface area (Å²) in [5.41, 5.74) is 8.90. The number of nitrogens with zero attached hydrogens (tertiary/aromatic N) is 2. The summed E-state index contributed by atoms with van der Waals surface area (Å²) in [7, 11) is -3.92. The summed E-state index contributed by atoms with van der Waals surface area (Å²) >= 11 is 0. The third-order valence-corrected chi connectivity index (χ3v) is 7.51. The van der Waals surface area contributed by atoms with Crippen molar-refractivity contribution in [1.29, 1.82) is 0 Å². The molecule has 5 N–H and O–H groups in total. The molecule has 0 aromatic heterocycles. The maximum Gasteiger partial charge on any atom is 0.441 e. The standard InChI is InChI=1S/C32H32FN5O5S/c1-2-3-19-38(31(39)36-26-15-11-23(12-16-26)28-9-4-5-10-29(28)44(35,41)42)21-22-7-6-8-24(20-22)30(34)37-32(40)43-27-17-13-25(33)14-18-27/h4-18,20H,2-3,19,21H2,1H3,(H,36,39)(H2,34,37,40)(H2,35,41,42). The first-order valence-electron chi connectivity index (χ1n) is 13.7. The van der Waals surface area contributed by atoms with E-state index in [9.17, 15) is 22.4 Å². The van der Waals surface area contributed by atoms with Crippen LogP contribution in [0.5, 0.6) is 5.75 Å². The smallest absolute Gasteiger partial charge is 0.409 e. The highest BCUT2D eigenvalue weighted by atomic mass is 32.2. The van der Waals surface area contributed by atoms with Gasteiger partial charge in [0.05, 0.1) is 4.90 Å². The van der Waals surface area contributed by atoms with E-state index in [2.05, 4.69) is 10.3 Å². The fourth-order valence-electron chi connectivity index (χ4n) is 4.33. The Hall–Kier alpha value is -5.07. The van der Waals surface area contributed by atoms with Crippen molar-refractivity contribution in [2.45, 2.75) is 31.2 Å². The van der Waals surface area contributed by atoms with E-state index in [4.69, 9.17) is 15.6 Å². The molecule has 0 bridgehead atoms. The summed E-state index contributed by atoms with van der Waals surface area (Å²) in [5, 5.41) is 8.27. The predicted molar refractivity (Wildman–Crippen MR) is 167 cm³/mol. The van der Waals surface area contributed by atoms with Gasteiger partial charge in [0.25, 0.3) is 0 Å². The van der Waals surface area contributed by atoms with Crippen molar-refractivity contribution < 1.29 is 27.1 Å². The number of halogens is 1. The number of nitrogens with two attached hydrogens (primary N) is 2. The number of aliphatic imine (C=N–C) groups is 1. The molecule has 44 heavy (non-hydrogen) atoms. The molecule has 3 amide bonds. The van der Waals surface area contributed by atoms with Crippen LogP contribution in [0.2, 0.25) is 0 Å². The van der Waals surface area contributed by atoms with E-state index in [0.717, 1.165) is 30.5 Å². The van der Waals surface area contributed by atoms with E-state index < -0.39 is 21.9 Å². The largest absolute Gasteiger partial charge is 0.441 e. The number of hydrogen-bond acceptors (Lipinski definition) is 5. The van der Waals surface area contributed by atoms with Crippen LogP contribution in [0.25, 0.3) is 11.1 Å². The number of urea groups is 1. The number of amides is 3. The van der Waals surface area contributed by atoms with Crippen molar-refractivity contribution in [3.63, 3.8) is 0 Å². The Bertz CT molecular complexity index is 1760. The van der Waals surface area contributed by atoms with Gasteiger partial charge in [0.1, 0.15) is 17.4 Å². The summed E-state index contributed by atoms with van der Waals surface area (Å²) in [4.78, 5) is 31.0. The van der Waals surface area contributed by atoms with Crippen LogP contribution in [-0.2, 0) is 16.6 Å². The number of unbranched alkanes of at least 4 members (excludes halogenated alkanes) is 1. The maximum absolute atomic E-state index is 13.3. The molecule has 228 valence electrons. The molecule has 0 aliphatic rings. The lowest BCUT2D eigenvalue weighted by Crippen LogP contribution is -2.35. The molecule has 0 aliphatic heterocycles. The fraction of sp³-hybridized carbons (Fsp3) is 0.156. The van der Waals surface area contributed by atoms with Crippen LogP contribution in [0.3, 0.4) is 0 Å². The average Bonchev–Trinajstić information content (AvgIpc) is 3.00. The van der Waals surface area contributed by atoms with Gasteiger partial charge in [-0.25, -0.2) is 27.5 Å². The quantitative estimate of drug-likeness (QED) is 0.149. The van der Waals surface area contributed by atoms with Crippen LogP contribution in [0.15, 0.2) is 107 Å². The highest BCUT2D eigenvalue weighted by Crippen LogP contribution is 2.27.